The smallest absolute Gasteiger partial charge is 0.319 e. The summed E-state index contributed by atoms with van der Waals surface area (Å²) in [5.74, 6) is 0.191. The fourth-order valence-electron chi connectivity index (χ4n) is 7.02. The molecule has 0 amide bonds. The predicted octanol–water partition coefficient (Wildman–Crippen LogP) is 8.14. The Bertz CT molecular complexity index is 1100. The molecule has 0 aromatic heterocycles. The third-order valence-corrected chi connectivity index (χ3v) is 11.4. The van der Waals surface area contributed by atoms with E-state index in [4.69, 9.17) is 4.74 Å². The lowest BCUT2D eigenvalue weighted by Gasteiger charge is -2.38. The topological polar surface area (TPSA) is 82.0 Å². The molecule has 3 aliphatic carbocycles. The van der Waals surface area contributed by atoms with Crippen molar-refractivity contribution in [1.29, 1.82) is 0 Å². The van der Waals surface area contributed by atoms with Gasteiger partial charge in [-0.25, -0.2) is 4.39 Å². The van der Waals surface area contributed by atoms with E-state index in [9.17, 15) is 18.8 Å². The van der Waals surface area contributed by atoms with Gasteiger partial charge < -0.3 is 24.6 Å². The molecule has 5 rings (SSSR count). The van der Waals surface area contributed by atoms with Crippen molar-refractivity contribution in [3.05, 3.63) is 41.6 Å². The van der Waals surface area contributed by atoms with Gasteiger partial charge in [-0.3, -0.25) is 4.79 Å². The lowest BCUT2D eigenvalue weighted by atomic mass is 9.83. The lowest BCUT2D eigenvalue weighted by molar-refractivity contribution is -0.137. The van der Waals surface area contributed by atoms with E-state index in [1.807, 2.05) is 6.07 Å². The van der Waals surface area contributed by atoms with Crippen LogP contribution in [-0.4, -0.2) is 52.8 Å². The van der Waals surface area contributed by atoms with Crippen LogP contribution in [0.25, 0.3) is 0 Å². The van der Waals surface area contributed by atoms with E-state index in [2.05, 4.69) is 41.6 Å². The summed E-state index contributed by atoms with van der Waals surface area (Å²) in [6.45, 7) is 0.780. The fourth-order valence-corrected chi connectivity index (χ4v) is 8.84. The highest BCUT2D eigenvalue weighted by Crippen LogP contribution is 2.51. The molecule has 41 heavy (non-hydrogen) atoms. The molecule has 3 fully saturated rings. The van der Waals surface area contributed by atoms with Crippen LogP contribution < -0.4 is 15.0 Å². The van der Waals surface area contributed by atoms with Crippen molar-refractivity contribution in [3.8, 4) is 5.75 Å². The van der Waals surface area contributed by atoms with Crippen molar-refractivity contribution in [2.45, 2.75) is 117 Å². The summed E-state index contributed by atoms with van der Waals surface area (Å²) in [7, 11) is 2.05. The molecule has 0 radical (unpaired) electrons. The first-order valence-electron chi connectivity index (χ1n) is 15.5. The molecule has 9 heteroatoms. The number of anilines is 1. The number of nitrogens with one attached hydrogen (secondary N) is 1. The Hall–Kier alpha value is -1.68. The van der Waals surface area contributed by atoms with Crippen LogP contribution >= 0.6 is 23.8 Å². The Morgan fingerprint density at radius 2 is 1.90 bits per heavy atom. The van der Waals surface area contributed by atoms with Crippen molar-refractivity contribution < 1.29 is 23.6 Å². The Labute approximate surface area is 252 Å². The first-order chi connectivity index (χ1) is 20.0. The standard InChI is InChI=1S/C32H45FN2O4S2/c1-34-26(21-11-5-2-6-12-21)20-35(22-13-7-3-8-14-22)27-19-28(39-23-15-9-4-10-16-23)24(17-30(27)41-38)29-18-25(33)31(40-29)32(36)37/h3,7,13,17,19,21,23,25-26,29,31,34,38H,2,4-6,8-12,14-16,18,20H2,1H3,(H,36,37)/t25?,26-,29?,31?/m0/s1. The molecule has 3 N–H and O–H groups in total. The molecule has 2 saturated carbocycles. The van der Waals surface area contributed by atoms with Crippen molar-refractivity contribution in [2.24, 2.45) is 5.92 Å². The van der Waals surface area contributed by atoms with Crippen molar-refractivity contribution >= 4 is 35.5 Å². The number of ether oxygens (including phenoxy) is 1. The highest BCUT2D eigenvalue weighted by Gasteiger charge is 2.42. The number of nitrogens with zero attached hydrogens (tertiary/aromatic N) is 1. The van der Waals surface area contributed by atoms with E-state index in [-0.39, 0.29) is 17.8 Å². The normalized spacial score (nSPS) is 26.5. The molecule has 1 heterocycles. The zero-order valence-electron chi connectivity index (χ0n) is 24.1. The number of aliphatic carboxylic acids is 1. The maximum Gasteiger partial charge on any atom is 0.319 e. The second-order valence-electron chi connectivity index (χ2n) is 12.0. The summed E-state index contributed by atoms with van der Waals surface area (Å²) >= 11 is 1.87. The van der Waals surface area contributed by atoms with E-state index in [1.54, 1.807) is 0 Å². The molecule has 1 aromatic rings. The van der Waals surface area contributed by atoms with E-state index in [1.165, 1.54) is 44.2 Å². The molecule has 1 aromatic carbocycles. The van der Waals surface area contributed by atoms with Gasteiger partial charge in [0.2, 0.25) is 0 Å². The van der Waals surface area contributed by atoms with Crippen molar-refractivity contribution in [2.75, 3.05) is 18.5 Å². The number of allylic oxidation sites excluding steroid dienone is 4. The highest BCUT2D eigenvalue weighted by molar-refractivity contribution is 8.01. The first kappa shape index (κ1) is 30.8. The summed E-state index contributed by atoms with van der Waals surface area (Å²) in [5.41, 5.74) is 2.90. The van der Waals surface area contributed by atoms with Crippen LogP contribution in [0.5, 0.6) is 5.75 Å². The number of thioether (sulfide) groups is 1. The van der Waals surface area contributed by atoms with Gasteiger partial charge in [-0.05, 0) is 82.9 Å². The number of halogens is 1. The zero-order chi connectivity index (χ0) is 28.8. The molecule has 226 valence electrons. The number of carboxylic acids is 1. The van der Waals surface area contributed by atoms with Gasteiger partial charge in [0, 0.05) is 47.2 Å². The van der Waals surface area contributed by atoms with E-state index >= 15 is 0 Å². The van der Waals surface area contributed by atoms with Gasteiger partial charge in [-0.15, -0.1) is 11.8 Å². The van der Waals surface area contributed by atoms with Gasteiger partial charge in [-0.1, -0.05) is 37.8 Å². The minimum Gasteiger partial charge on any atom is -0.490 e. The third kappa shape index (κ3) is 7.46. The average molecular weight is 605 g/mol. The zero-order valence-corrected chi connectivity index (χ0v) is 25.7. The Morgan fingerprint density at radius 1 is 1.17 bits per heavy atom. The molecular weight excluding hydrogens is 559 g/mol. The van der Waals surface area contributed by atoms with Crippen LogP contribution in [0.4, 0.5) is 10.1 Å². The highest BCUT2D eigenvalue weighted by atomic mass is 32.2. The van der Waals surface area contributed by atoms with Crippen molar-refractivity contribution in [3.63, 3.8) is 0 Å². The number of carboxylic acid groups (broad SMARTS) is 1. The average Bonchev–Trinajstić information content (AvgIpc) is 3.40. The van der Waals surface area contributed by atoms with E-state index in [0.717, 1.165) is 68.1 Å². The molecular formula is C32H45FN2O4S2. The molecule has 1 saturated heterocycles. The second kappa shape index (κ2) is 14.7. The Morgan fingerprint density at radius 3 is 2.51 bits per heavy atom. The monoisotopic (exact) mass is 604 g/mol. The number of hydrogen-bond acceptors (Lipinski definition) is 7. The lowest BCUT2D eigenvalue weighted by Crippen LogP contribution is -2.45. The van der Waals surface area contributed by atoms with E-state index in [0.29, 0.717) is 34.6 Å². The minimum atomic E-state index is -1.42. The first-order valence-corrected chi connectivity index (χ1v) is 17.2. The number of alkyl halides is 1. The van der Waals surface area contributed by atoms with Crippen LogP contribution in [0.15, 0.2) is 41.0 Å². The Kier molecular flexibility index (Phi) is 11.0. The largest absolute Gasteiger partial charge is 0.490 e. The fraction of sp³-hybridized carbons (Fsp3) is 0.656. The van der Waals surface area contributed by atoms with Crippen LogP contribution in [-0.2, 0) is 4.79 Å². The summed E-state index contributed by atoms with van der Waals surface area (Å²) in [6.07, 6.45) is 18.9. The SMILES string of the molecule is CN[C@@H](CN(C1=CC=CCC1)c1cc(OC2CCCCC2)c(C2CC(F)C(C(=O)O)S2)cc1SO)C1CCCCC1. The predicted molar refractivity (Wildman–Crippen MR) is 167 cm³/mol. The summed E-state index contributed by atoms with van der Waals surface area (Å²) in [6, 6.07) is 4.29. The molecule has 3 unspecified atom stereocenters. The van der Waals surface area contributed by atoms with Gasteiger partial charge in [-0.2, -0.15) is 0 Å². The maximum absolute atomic E-state index is 14.8. The molecule has 1 aliphatic heterocycles. The third-order valence-electron chi connectivity index (χ3n) is 9.30. The van der Waals surface area contributed by atoms with Gasteiger partial charge in [0.05, 0.1) is 16.7 Å². The van der Waals surface area contributed by atoms with Crippen LogP contribution in [0.3, 0.4) is 0 Å². The van der Waals surface area contributed by atoms with Crippen LogP contribution in [0.1, 0.15) is 94.3 Å². The Balaban J connectivity index is 1.54. The minimum absolute atomic E-state index is 0.0865. The van der Waals surface area contributed by atoms with Crippen molar-refractivity contribution in [1.82, 2.24) is 5.32 Å². The van der Waals surface area contributed by atoms with Gasteiger partial charge in [0.1, 0.15) is 17.2 Å². The molecule has 4 aliphatic rings. The number of hydrogen-bond donors (Lipinski definition) is 3. The number of carbonyl (C=O) groups is 1. The summed E-state index contributed by atoms with van der Waals surface area (Å²) in [5, 5.41) is 11.8. The summed E-state index contributed by atoms with van der Waals surface area (Å²) in [4.78, 5) is 14.8. The van der Waals surface area contributed by atoms with Gasteiger partial charge in [0.15, 0.2) is 0 Å². The summed E-state index contributed by atoms with van der Waals surface area (Å²) < 4.78 is 32.1. The molecule has 0 bridgehead atoms. The van der Waals surface area contributed by atoms with Gasteiger partial charge in [0.25, 0.3) is 0 Å². The number of benzene rings is 1. The number of rotatable bonds is 11. The molecule has 6 nitrogen and oxygen atoms in total. The van der Waals surface area contributed by atoms with Crippen LogP contribution in [0, 0.1) is 5.92 Å². The quantitative estimate of drug-likeness (QED) is 0.218. The molecule has 0 spiro atoms. The maximum atomic E-state index is 14.8. The number of likely N-dealkylation sites (N-methyl/N-ethyl adjacent to an activating group) is 1. The van der Waals surface area contributed by atoms with E-state index < -0.39 is 17.4 Å². The van der Waals surface area contributed by atoms with Gasteiger partial charge >= 0.3 is 5.97 Å². The molecule has 4 atom stereocenters. The van der Waals surface area contributed by atoms with Crippen LogP contribution in [0.2, 0.25) is 0 Å². The second-order valence-corrected chi connectivity index (χ2v) is 14.0.